The zero-order valence-electron chi connectivity index (χ0n) is 14.5. The van der Waals surface area contributed by atoms with Gasteiger partial charge in [0.2, 0.25) is 5.91 Å². The van der Waals surface area contributed by atoms with E-state index in [0.29, 0.717) is 12.6 Å². The average molecular weight is 339 g/mol. The van der Waals surface area contributed by atoms with Gasteiger partial charge < -0.3 is 9.47 Å². The highest BCUT2D eigenvalue weighted by Crippen LogP contribution is 2.34. The second-order valence-electron chi connectivity index (χ2n) is 7.19. The molecule has 25 heavy (non-hydrogen) atoms. The molecule has 1 aliphatic carbocycles. The molecule has 0 radical (unpaired) electrons. The Morgan fingerprint density at radius 2 is 1.84 bits per heavy atom. The summed E-state index contributed by atoms with van der Waals surface area (Å²) in [6.07, 6.45) is 7.13. The van der Waals surface area contributed by atoms with Crippen LogP contribution in [0.3, 0.4) is 0 Å². The minimum absolute atomic E-state index is 0.170. The van der Waals surface area contributed by atoms with Crippen molar-refractivity contribution in [2.75, 3.05) is 19.6 Å². The van der Waals surface area contributed by atoms with Gasteiger partial charge in [0, 0.05) is 32.2 Å². The Morgan fingerprint density at radius 1 is 1.08 bits per heavy atom. The van der Waals surface area contributed by atoms with E-state index in [1.54, 1.807) is 17.2 Å². The number of hydrogen-bond donors (Lipinski definition) is 0. The van der Waals surface area contributed by atoms with Gasteiger partial charge in [-0.25, -0.2) is 0 Å². The van der Waals surface area contributed by atoms with E-state index in [0.717, 1.165) is 32.1 Å². The van der Waals surface area contributed by atoms with Gasteiger partial charge in [-0.15, -0.1) is 10.2 Å². The molecule has 0 bridgehead atoms. The molecule has 2 aromatic rings. The van der Waals surface area contributed by atoms with E-state index in [2.05, 4.69) is 45.4 Å². The molecule has 132 valence electrons. The summed E-state index contributed by atoms with van der Waals surface area (Å²) in [5.74, 6) is 0.901. The van der Waals surface area contributed by atoms with Crippen molar-refractivity contribution in [1.29, 1.82) is 0 Å². The summed E-state index contributed by atoms with van der Waals surface area (Å²) in [5.41, 5.74) is 1.36. The minimum Gasteiger partial charge on any atom is -0.338 e. The summed E-state index contributed by atoms with van der Waals surface area (Å²) in [6.45, 7) is 3.91. The van der Waals surface area contributed by atoms with Crippen LogP contribution in [-0.4, -0.2) is 56.1 Å². The lowest BCUT2D eigenvalue weighted by Gasteiger charge is -2.47. The van der Waals surface area contributed by atoms with Crippen LogP contribution in [0.4, 0.5) is 0 Å². The molecule has 2 heterocycles. The van der Waals surface area contributed by atoms with Gasteiger partial charge in [-0.3, -0.25) is 9.69 Å². The zero-order valence-corrected chi connectivity index (χ0v) is 14.5. The van der Waals surface area contributed by atoms with Crippen LogP contribution in [0, 0.1) is 5.92 Å². The Bertz CT molecular complexity index is 683. The fraction of sp³-hybridized carbons (Fsp3) is 0.526. The third-order valence-corrected chi connectivity index (χ3v) is 5.59. The van der Waals surface area contributed by atoms with E-state index >= 15 is 0 Å². The number of nitrogens with zero attached hydrogens (tertiary/aromatic N) is 5. The Hall–Kier alpha value is -2.21. The van der Waals surface area contributed by atoms with Crippen molar-refractivity contribution in [3.8, 4) is 0 Å². The number of aromatic nitrogens is 3. The zero-order chi connectivity index (χ0) is 17.1. The molecule has 0 N–H and O–H groups in total. The number of hydrogen-bond acceptors (Lipinski definition) is 4. The van der Waals surface area contributed by atoms with Crippen LogP contribution in [0.25, 0.3) is 0 Å². The van der Waals surface area contributed by atoms with Crippen LogP contribution in [0.1, 0.15) is 24.8 Å². The number of rotatable bonds is 5. The molecule has 1 amide bonds. The van der Waals surface area contributed by atoms with E-state index in [-0.39, 0.29) is 5.91 Å². The molecule has 1 saturated carbocycles. The fourth-order valence-corrected chi connectivity index (χ4v) is 3.92. The van der Waals surface area contributed by atoms with Gasteiger partial charge in [0.1, 0.15) is 19.2 Å². The number of carbonyl (C=O) groups is 1. The molecule has 6 heteroatoms. The van der Waals surface area contributed by atoms with Gasteiger partial charge in [-0.2, -0.15) is 0 Å². The molecule has 1 aromatic heterocycles. The average Bonchev–Trinajstić information content (AvgIpc) is 3.08. The van der Waals surface area contributed by atoms with E-state index in [9.17, 15) is 4.79 Å². The maximum atomic E-state index is 12.6. The van der Waals surface area contributed by atoms with Crippen LogP contribution in [0.15, 0.2) is 43.0 Å². The van der Waals surface area contributed by atoms with Crippen LogP contribution in [0.2, 0.25) is 0 Å². The predicted molar refractivity (Wildman–Crippen MR) is 94.6 cm³/mol. The highest BCUT2D eigenvalue weighted by molar-refractivity contribution is 5.76. The molecule has 4 rings (SSSR count). The summed E-state index contributed by atoms with van der Waals surface area (Å²) in [6, 6.07) is 11.1. The second-order valence-corrected chi connectivity index (χ2v) is 7.19. The third kappa shape index (κ3) is 3.74. The van der Waals surface area contributed by atoms with Crippen molar-refractivity contribution in [1.82, 2.24) is 24.6 Å². The van der Waals surface area contributed by atoms with Crippen molar-refractivity contribution in [3.05, 3.63) is 48.5 Å². The Labute approximate surface area is 148 Å². The maximum absolute atomic E-state index is 12.6. The van der Waals surface area contributed by atoms with E-state index in [1.165, 1.54) is 24.8 Å². The van der Waals surface area contributed by atoms with Crippen LogP contribution < -0.4 is 0 Å². The highest BCUT2D eigenvalue weighted by Gasteiger charge is 2.37. The first-order valence-corrected chi connectivity index (χ1v) is 9.18. The summed E-state index contributed by atoms with van der Waals surface area (Å²) >= 11 is 0. The van der Waals surface area contributed by atoms with E-state index in [1.807, 2.05) is 4.90 Å². The van der Waals surface area contributed by atoms with Crippen molar-refractivity contribution in [2.45, 2.75) is 38.4 Å². The molecule has 2 aliphatic rings. The van der Waals surface area contributed by atoms with Crippen molar-refractivity contribution >= 4 is 5.91 Å². The second kappa shape index (κ2) is 7.35. The molecule has 1 unspecified atom stereocenters. The topological polar surface area (TPSA) is 54.3 Å². The Kier molecular flexibility index (Phi) is 4.78. The Balaban J connectivity index is 1.42. The number of carbonyl (C=O) groups excluding carboxylic acids is 1. The number of amides is 1. The van der Waals surface area contributed by atoms with Gasteiger partial charge in [-0.05, 0) is 24.3 Å². The lowest BCUT2D eigenvalue weighted by Crippen LogP contribution is -2.58. The smallest absolute Gasteiger partial charge is 0.242 e. The lowest BCUT2D eigenvalue weighted by atomic mass is 9.78. The van der Waals surface area contributed by atoms with Crippen molar-refractivity contribution in [3.63, 3.8) is 0 Å². The number of benzene rings is 1. The first kappa shape index (κ1) is 16.3. The summed E-state index contributed by atoms with van der Waals surface area (Å²) in [4.78, 5) is 17.3. The summed E-state index contributed by atoms with van der Waals surface area (Å²) in [5, 5.41) is 7.56. The van der Waals surface area contributed by atoms with Gasteiger partial charge in [0.15, 0.2) is 0 Å². The van der Waals surface area contributed by atoms with E-state index in [4.69, 9.17) is 0 Å². The standard InChI is InChI=1S/C19H25N5O/c25-19(13-22-14-20-21-15-22)24-10-9-23(11-16-5-2-1-3-6-16)18(12-24)17-7-4-8-17/h1-3,5-6,14-15,17-18H,4,7-13H2. The van der Waals surface area contributed by atoms with Crippen molar-refractivity contribution < 1.29 is 4.79 Å². The fourth-order valence-electron chi connectivity index (χ4n) is 3.92. The van der Waals surface area contributed by atoms with Gasteiger partial charge >= 0.3 is 0 Å². The first-order chi connectivity index (χ1) is 12.3. The third-order valence-electron chi connectivity index (χ3n) is 5.59. The van der Waals surface area contributed by atoms with Gasteiger partial charge in [0.05, 0.1) is 0 Å². The molecule has 6 nitrogen and oxygen atoms in total. The largest absolute Gasteiger partial charge is 0.338 e. The predicted octanol–water partition coefficient (Wildman–Crippen LogP) is 1.79. The molecule has 0 spiro atoms. The van der Waals surface area contributed by atoms with E-state index < -0.39 is 0 Å². The molecular weight excluding hydrogens is 314 g/mol. The Morgan fingerprint density at radius 3 is 2.52 bits per heavy atom. The number of piperazine rings is 1. The lowest BCUT2D eigenvalue weighted by molar-refractivity contribution is -0.136. The quantitative estimate of drug-likeness (QED) is 0.833. The minimum atomic E-state index is 0.170. The molecule has 1 saturated heterocycles. The highest BCUT2D eigenvalue weighted by atomic mass is 16.2. The molecular formula is C19H25N5O. The normalized spacial score (nSPS) is 21.9. The first-order valence-electron chi connectivity index (χ1n) is 9.18. The molecule has 2 fully saturated rings. The molecule has 1 atom stereocenters. The van der Waals surface area contributed by atoms with Crippen LogP contribution >= 0.6 is 0 Å². The van der Waals surface area contributed by atoms with Crippen LogP contribution in [-0.2, 0) is 17.9 Å². The van der Waals surface area contributed by atoms with Gasteiger partial charge in [-0.1, -0.05) is 36.8 Å². The SMILES string of the molecule is O=C(Cn1cnnc1)N1CCN(Cc2ccccc2)C(C2CCC2)C1. The monoisotopic (exact) mass is 339 g/mol. The van der Waals surface area contributed by atoms with Crippen LogP contribution in [0.5, 0.6) is 0 Å². The summed E-state index contributed by atoms with van der Waals surface area (Å²) < 4.78 is 1.75. The summed E-state index contributed by atoms with van der Waals surface area (Å²) in [7, 11) is 0. The van der Waals surface area contributed by atoms with Crippen molar-refractivity contribution in [2.24, 2.45) is 5.92 Å². The van der Waals surface area contributed by atoms with Gasteiger partial charge in [0.25, 0.3) is 0 Å². The molecule has 1 aliphatic heterocycles. The maximum Gasteiger partial charge on any atom is 0.242 e. The molecule has 1 aromatic carbocycles.